The van der Waals surface area contributed by atoms with Gasteiger partial charge >= 0.3 is 0 Å². The van der Waals surface area contributed by atoms with Crippen molar-refractivity contribution in [3.63, 3.8) is 0 Å². The predicted molar refractivity (Wildman–Crippen MR) is 66.5 cm³/mol. The molecular weight excluding hydrogens is 220 g/mol. The minimum atomic E-state index is -0.475. The van der Waals surface area contributed by atoms with Gasteiger partial charge in [0.1, 0.15) is 6.04 Å². The molecule has 5 heteroatoms. The van der Waals surface area contributed by atoms with Gasteiger partial charge in [-0.1, -0.05) is 0 Å². The van der Waals surface area contributed by atoms with Gasteiger partial charge in [-0.25, -0.2) is 0 Å². The second-order valence-electron chi connectivity index (χ2n) is 3.98. The van der Waals surface area contributed by atoms with Crippen LogP contribution >= 0.6 is 0 Å². The van der Waals surface area contributed by atoms with Gasteiger partial charge in [-0.2, -0.15) is 0 Å². The molecule has 0 spiro atoms. The van der Waals surface area contributed by atoms with E-state index >= 15 is 0 Å². The van der Waals surface area contributed by atoms with Crippen molar-refractivity contribution in [2.75, 3.05) is 19.7 Å². The molecule has 0 aliphatic heterocycles. The van der Waals surface area contributed by atoms with E-state index in [9.17, 15) is 9.59 Å². The van der Waals surface area contributed by atoms with Crippen LogP contribution < -0.4 is 5.32 Å². The van der Waals surface area contributed by atoms with E-state index in [1.165, 1.54) is 0 Å². The maximum absolute atomic E-state index is 11.8. The van der Waals surface area contributed by atoms with Gasteiger partial charge in [0.05, 0.1) is 0 Å². The van der Waals surface area contributed by atoms with Crippen LogP contribution in [0.3, 0.4) is 0 Å². The second-order valence-corrected chi connectivity index (χ2v) is 3.98. The van der Waals surface area contributed by atoms with Crippen molar-refractivity contribution in [3.05, 3.63) is 0 Å². The lowest BCUT2D eigenvalue weighted by Crippen LogP contribution is -2.46. The lowest BCUT2D eigenvalue weighted by atomic mass is 10.2. The average Bonchev–Trinajstić information content (AvgIpc) is 2.30. The number of likely N-dealkylation sites (N-methyl/N-ethyl adjacent to an activating group) is 1. The summed E-state index contributed by atoms with van der Waals surface area (Å²) in [5, 5.41) is 11.3. The van der Waals surface area contributed by atoms with E-state index in [-0.39, 0.29) is 18.4 Å². The van der Waals surface area contributed by atoms with E-state index in [0.29, 0.717) is 32.4 Å². The van der Waals surface area contributed by atoms with Crippen LogP contribution in [0, 0.1) is 0 Å². The van der Waals surface area contributed by atoms with Gasteiger partial charge in [-0.05, 0) is 33.6 Å². The Hall–Kier alpha value is -1.10. The maximum Gasteiger partial charge on any atom is 0.244 e. The fourth-order valence-corrected chi connectivity index (χ4v) is 1.58. The van der Waals surface area contributed by atoms with Gasteiger partial charge < -0.3 is 15.3 Å². The maximum atomic E-state index is 11.8. The first-order chi connectivity index (χ1) is 8.06. The number of aliphatic hydroxyl groups is 1. The van der Waals surface area contributed by atoms with Gasteiger partial charge in [-0.15, -0.1) is 0 Å². The Labute approximate surface area is 103 Å². The topological polar surface area (TPSA) is 69.6 Å². The quantitative estimate of drug-likeness (QED) is 0.612. The normalized spacial score (nSPS) is 12.0. The summed E-state index contributed by atoms with van der Waals surface area (Å²) in [7, 11) is 0. The van der Waals surface area contributed by atoms with E-state index in [0.717, 1.165) is 0 Å². The molecule has 0 aromatic heterocycles. The molecular formula is C12H24N2O3. The number of aliphatic hydroxyl groups excluding tert-OH is 1. The Morgan fingerprint density at radius 1 is 1.24 bits per heavy atom. The Balaban J connectivity index is 4.02. The summed E-state index contributed by atoms with van der Waals surface area (Å²) in [5.74, 6) is -0.183. The third-order valence-corrected chi connectivity index (χ3v) is 2.63. The number of carbonyl (C=O) groups excluding carboxylic acids is 2. The summed E-state index contributed by atoms with van der Waals surface area (Å²) >= 11 is 0. The molecule has 0 fully saturated rings. The Bertz CT molecular complexity index is 240. The first-order valence-electron chi connectivity index (χ1n) is 6.25. The molecule has 0 saturated carbocycles. The highest BCUT2D eigenvalue weighted by atomic mass is 16.3. The van der Waals surface area contributed by atoms with Crippen molar-refractivity contribution in [2.24, 2.45) is 0 Å². The van der Waals surface area contributed by atoms with Crippen LogP contribution in [0.2, 0.25) is 0 Å². The molecule has 0 rings (SSSR count). The summed E-state index contributed by atoms with van der Waals surface area (Å²) in [6.45, 7) is 6.93. The predicted octanol–water partition coefficient (Wildman–Crippen LogP) is 0.522. The zero-order valence-corrected chi connectivity index (χ0v) is 11.0. The molecule has 0 aliphatic carbocycles. The highest BCUT2D eigenvalue weighted by molar-refractivity contribution is 5.87. The lowest BCUT2D eigenvalue weighted by Gasteiger charge is -2.23. The highest BCUT2D eigenvalue weighted by Crippen LogP contribution is 1.98. The van der Waals surface area contributed by atoms with Crippen LogP contribution in [0.1, 0.15) is 40.0 Å². The fourth-order valence-electron chi connectivity index (χ4n) is 1.58. The standard InChI is InChI=1S/C12H24N2O3/c1-4-14(5-2)12(17)10(3)13-11(16)8-6-7-9-15/h10,15H,4-9H2,1-3H3,(H,13,16). The molecule has 2 amide bonds. The summed E-state index contributed by atoms with van der Waals surface area (Å²) in [5.41, 5.74) is 0. The van der Waals surface area contributed by atoms with Crippen molar-refractivity contribution >= 4 is 11.8 Å². The van der Waals surface area contributed by atoms with Gasteiger partial charge in [0, 0.05) is 26.1 Å². The molecule has 2 N–H and O–H groups in total. The van der Waals surface area contributed by atoms with E-state index < -0.39 is 6.04 Å². The number of nitrogens with one attached hydrogen (secondary N) is 1. The van der Waals surface area contributed by atoms with Crippen LogP contribution in [0.25, 0.3) is 0 Å². The highest BCUT2D eigenvalue weighted by Gasteiger charge is 2.19. The number of hydrogen-bond acceptors (Lipinski definition) is 3. The second kappa shape index (κ2) is 8.98. The first-order valence-corrected chi connectivity index (χ1v) is 6.25. The zero-order chi connectivity index (χ0) is 13.3. The third-order valence-electron chi connectivity index (χ3n) is 2.63. The van der Waals surface area contributed by atoms with E-state index in [1.54, 1.807) is 11.8 Å². The molecule has 0 aliphatic rings. The van der Waals surface area contributed by atoms with Gasteiger partial charge in [0.2, 0.25) is 11.8 Å². The number of hydrogen-bond donors (Lipinski definition) is 2. The summed E-state index contributed by atoms with van der Waals surface area (Å²) < 4.78 is 0. The van der Waals surface area contributed by atoms with Gasteiger partial charge in [0.25, 0.3) is 0 Å². The molecule has 0 radical (unpaired) electrons. The SMILES string of the molecule is CCN(CC)C(=O)C(C)NC(=O)CCCCO. The summed E-state index contributed by atoms with van der Waals surface area (Å²) in [6, 6.07) is -0.475. The number of carbonyl (C=O) groups is 2. The smallest absolute Gasteiger partial charge is 0.244 e. The van der Waals surface area contributed by atoms with Crippen molar-refractivity contribution in [1.82, 2.24) is 10.2 Å². The van der Waals surface area contributed by atoms with E-state index in [4.69, 9.17) is 5.11 Å². The molecule has 0 aromatic rings. The minimum Gasteiger partial charge on any atom is -0.396 e. The minimum absolute atomic E-state index is 0.0505. The number of nitrogens with zero attached hydrogens (tertiary/aromatic N) is 1. The van der Waals surface area contributed by atoms with Crippen molar-refractivity contribution < 1.29 is 14.7 Å². The van der Waals surface area contributed by atoms with Crippen LogP contribution in [-0.4, -0.2) is 47.6 Å². The Morgan fingerprint density at radius 2 is 1.82 bits per heavy atom. The molecule has 100 valence electrons. The first kappa shape index (κ1) is 15.9. The molecule has 0 heterocycles. The van der Waals surface area contributed by atoms with Crippen molar-refractivity contribution in [3.8, 4) is 0 Å². The zero-order valence-electron chi connectivity index (χ0n) is 11.0. The van der Waals surface area contributed by atoms with E-state index in [2.05, 4.69) is 5.32 Å². The Kier molecular flexibility index (Phi) is 8.40. The average molecular weight is 244 g/mol. The Morgan fingerprint density at radius 3 is 2.29 bits per heavy atom. The van der Waals surface area contributed by atoms with Crippen molar-refractivity contribution in [1.29, 1.82) is 0 Å². The van der Waals surface area contributed by atoms with E-state index in [1.807, 2.05) is 13.8 Å². The van der Waals surface area contributed by atoms with Crippen molar-refractivity contribution in [2.45, 2.75) is 46.1 Å². The number of unbranched alkanes of at least 4 members (excludes halogenated alkanes) is 1. The number of rotatable bonds is 8. The van der Waals surface area contributed by atoms with Crippen LogP contribution in [0.5, 0.6) is 0 Å². The van der Waals surface area contributed by atoms with Crippen LogP contribution in [0.15, 0.2) is 0 Å². The number of amides is 2. The summed E-state index contributed by atoms with van der Waals surface area (Å²) in [6.07, 6.45) is 1.62. The third kappa shape index (κ3) is 6.26. The van der Waals surface area contributed by atoms with Gasteiger partial charge in [-0.3, -0.25) is 9.59 Å². The molecule has 5 nitrogen and oxygen atoms in total. The summed E-state index contributed by atoms with van der Waals surface area (Å²) in [4.78, 5) is 25.0. The molecule has 0 aromatic carbocycles. The molecule has 0 bridgehead atoms. The van der Waals surface area contributed by atoms with Crippen LogP contribution in [0.4, 0.5) is 0 Å². The van der Waals surface area contributed by atoms with Crippen LogP contribution in [-0.2, 0) is 9.59 Å². The monoisotopic (exact) mass is 244 g/mol. The molecule has 1 unspecified atom stereocenters. The lowest BCUT2D eigenvalue weighted by molar-refractivity contribution is -0.135. The largest absolute Gasteiger partial charge is 0.396 e. The molecule has 17 heavy (non-hydrogen) atoms. The molecule has 1 atom stereocenters. The van der Waals surface area contributed by atoms with Gasteiger partial charge in [0.15, 0.2) is 0 Å². The fraction of sp³-hybridized carbons (Fsp3) is 0.833. The molecule has 0 saturated heterocycles.